The van der Waals surface area contributed by atoms with E-state index in [1.54, 1.807) is 7.11 Å². The van der Waals surface area contributed by atoms with Crippen molar-refractivity contribution in [2.45, 2.75) is 0 Å². The van der Waals surface area contributed by atoms with E-state index in [9.17, 15) is 4.79 Å². The van der Waals surface area contributed by atoms with Crippen molar-refractivity contribution in [3.63, 3.8) is 0 Å². The number of ether oxygens (including phenoxy) is 1. The third kappa shape index (κ3) is 1.52. The van der Waals surface area contributed by atoms with Gasteiger partial charge in [-0.25, -0.2) is 0 Å². The molecule has 0 bridgehead atoms. The van der Waals surface area contributed by atoms with Gasteiger partial charge in [0, 0.05) is 10.1 Å². The van der Waals surface area contributed by atoms with Gasteiger partial charge >= 0.3 is 0 Å². The summed E-state index contributed by atoms with van der Waals surface area (Å²) in [5.74, 6) is 0.854. The van der Waals surface area contributed by atoms with Crippen molar-refractivity contribution in [2.75, 3.05) is 7.11 Å². The van der Waals surface area contributed by atoms with E-state index in [4.69, 9.17) is 4.74 Å². The monoisotopic (exact) mass is 318 g/mol. The van der Waals surface area contributed by atoms with Crippen molar-refractivity contribution in [1.29, 1.82) is 0 Å². The number of carbonyl (C=O) groups excluding carboxylic acids is 1. The minimum Gasteiger partial charge on any atom is -0.495 e. The van der Waals surface area contributed by atoms with Crippen LogP contribution in [0.1, 0.15) is 9.67 Å². The van der Waals surface area contributed by atoms with E-state index in [1.165, 1.54) is 11.3 Å². The van der Waals surface area contributed by atoms with E-state index >= 15 is 0 Å². The highest BCUT2D eigenvalue weighted by atomic mass is 127. The maximum atomic E-state index is 10.6. The SMILES string of the molecule is COc1c(I)ccc2sc(C=O)cc12. The van der Waals surface area contributed by atoms with Crippen LogP contribution in [0.4, 0.5) is 0 Å². The molecule has 72 valence electrons. The van der Waals surface area contributed by atoms with Crippen LogP contribution < -0.4 is 4.74 Å². The molecule has 0 N–H and O–H groups in total. The molecule has 0 aliphatic carbocycles. The summed E-state index contributed by atoms with van der Waals surface area (Å²) in [4.78, 5) is 11.4. The summed E-state index contributed by atoms with van der Waals surface area (Å²) in [6.07, 6.45) is 0.872. The maximum absolute atomic E-state index is 10.6. The van der Waals surface area contributed by atoms with E-state index in [2.05, 4.69) is 22.6 Å². The molecule has 4 heteroatoms. The fourth-order valence-corrected chi connectivity index (χ4v) is 2.91. The van der Waals surface area contributed by atoms with Crippen LogP contribution in [0.5, 0.6) is 5.75 Å². The van der Waals surface area contributed by atoms with Gasteiger partial charge < -0.3 is 4.74 Å². The molecular weight excluding hydrogens is 311 g/mol. The average molecular weight is 318 g/mol. The first kappa shape index (κ1) is 9.92. The molecule has 0 spiro atoms. The minimum atomic E-state index is 0.736. The molecule has 1 aromatic heterocycles. The maximum Gasteiger partial charge on any atom is 0.160 e. The van der Waals surface area contributed by atoms with E-state index in [0.717, 1.165) is 30.6 Å². The fourth-order valence-electron chi connectivity index (χ4n) is 1.34. The number of methoxy groups -OCH3 is 1. The Morgan fingerprint density at radius 3 is 2.93 bits per heavy atom. The van der Waals surface area contributed by atoms with Gasteiger partial charge in [-0.05, 0) is 40.8 Å². The molecule has 0 aliphatic rings. The van der Waals surface area contributed by atoms with Crippen LogP contribution in [0.2, 0.25) is 0 Å². The molecule has 2 aromatic rings. The summed E-state index contributed by atoms with van der Waals surface area (Å²) >= 11 is 3.71. The van der Waals surface area contributed by atoms with Gasteiger partial charge in [-0.1, -0.05) is 0 Å². The number of rotatable bonds is 2. The first-order valence-electron chi connectivity index (χ1n) is 3.97. The van der Waals surface area contributed by atoms with E-state index < -0.39 is 0 Å². The van der Waals surface area contributed by atoms with Gasteiger partial charge in [-0.2, -0.15) is 0 Å². The number of carbonyl (C=O) groups is 1. The Labute approximate surface area is 99.0 Å². The van der Waals surface area contributed by atoms with E-state index in [-0.39, 0.29) is 0 Å². The second-order valence-corrected chi connectivity index (χ2v) is 5.04. The molecule has 1 aromatic carbocycles. The number of thiophene rings is 1. The van der Waals surface area contributed by atoms with Crippen LogP contribution in [0.3, 0.4) is 0 Å². The third-order valence-corrected chi connectivity index (χ3v) is 3.82. The first-order valence-corrected chi connectivity index (χ1v) is 5.87. The molecular formula is C10H7IO2S. The minimum absolute atomic E-state index is 0.736. The molecule has 14 heavy (non-hydrogen) atoms. The molecule has 0 saturated heterocycles. The summed E-state index contributed by atoms with van der Waals surface area (Å²) in [7, 11) is 1.65. The largest absolute Gasteiger partial charge is 0.495 e. The number of aldehydes is 1. The molecule has 2 nitrogen and oxygen atoms in total. The Morgan fingerprint density at radius 2 is 2.29 bits per heavy atom. The molecule has 2 rings (SSSR count). The fraction of sp³-hybridized carbons (Fsp3) is 0.100. The van der Waals surface area contributed by atoms with Crippen molar-refractivity contribution >= 4 is 50.3 Å². The van der Waals surface area contributed by atoms with Gasteiger partial charge in [0.1, 0.15) is 5.75 Å². The second kappa shape index (κ2) is 3.86. The predicted octanol–water partition coefficient (Wildman–Crippen LogP) is 3.33. The van der Waals surface area contributed by atoms with E-state index in [0.29, 0.717) is 0 Å². The number of hydrogen-bond acceptors (Lipinski definition) is 3. The van der Waals surface area contributed by atoms with Crippen LogP contribution in [0, 0.1) is 3.57 Å². The normalized spacial score (nSPS) is 10.4. The molecule has 0 unspecified atom stereocenters. The topological polar surface area (TPSA) is 26.3 Å². The van der Waals surface area contributed by atoms with Gasteiger partial charge in [0.15, 0.2) is 6.29 Å². The quantitative estimate of drug-likeness (QED) is 0.627. The molecule has 0 atom stereocenters. The Hall–Kier alpha value is -0.620. The highest BCUT2D eigenvalue weighted by Gasteiger charge is 2.09. The lowest BCUT2D eigenvalue weighted by molar-refractivity contribution is 0.112. The van der Waals surface area contributed by atoms with E-state index in [1.807, 2.05) is 18.2 Å². The van der Waals surface area contributed by atoms with Gasteiger partial charge in [0.05, 0.1) is 15.6 Å². The molecule has 0 radical (unpaired) electrons. The zero-order valence-corrected chi connectivity index (χ0v) is 10.4. The van der Waals surface area contributed by atoms with Gasteiger partial charge in [0.25, 0.3) is 0 Å². The summed E-state index contributed by atoms with van der Waals surface area (Å²) in [5.41, 5.74) is 0. The summed E-state index contributed by atoms with van der Waals surface area (Å²) in [6.45, 7) is 0. The molecule has 0 amide bonds. The van der Waals surface area contributed by atoms with Crippen LogP contribution in [-0.4, -0.2) is 13.4 Å². The molecule has 0 saturated carbocycles. The van der Waals surface area contributed by atoms with Crippen LogP contribution >= 0.6 is 33.9 Å². The molecule has 1 heterocycles. The number of benzene rings is 1. The molecule has 0 aliphatic heterocycles. The predicted molar refractivity (Wildman–Crippen MR) is 66.5 cm³/mol. The van der Waals surface area contributed by atoms with Gasteiger partial charge in [-0.15, -0.1) is 11.3 Å². The Kier molecular flexibility index (Phi) is 2.73. The lowest BCUT2D eigenvalue weighted by atomic mass is 10.2. The van der Waals surface area contributed by atoms with Crippen molar-refractivity contribution in [3.8, 4) is 5.75 Å². The van der Waals surface area contributed by atoms with Gasteiger partial charge in [0.2, 0.25) is 0 Å². The zero-order chi connectivity index (χ0) is 10.1. The lowest BCUT2D eigenvalue weighted by Crippen LogP contribution is -1.86. The van der Waals surface area contributed by atoms with Crippen molar-refractivity contribution in [3.05, 3.63) is 26.6 Å². The smallest absolute Gasteiger partial charge is 0.160 e. The van der Waals surface area contributed by atoms with Crippen LogP contribution in [-0.2, 0) is 0 Å². The Morgan fingerprint density at radius 1 is 1.50 bits per heavy atom. The number of hydrogen-bond donors (Lipinski definition) is 0. The second-order valence-electron chi connectivity index (χ2n) is 2.76. The first-order chi connectivity index (χ1) is 6.76. The summed E-state index contributed by atoms with van der Waals surface area (Å²) in [6, 6.07) is 5.87. The Balaban J connectivity index is 2.79. The number of halogens is 1. The average Bonchev–Trinajstić information content (AvgIpc) is 2.60. The van der Waals surface area contributed by atoms with Crippen LogP contribution in [0.15, 0.2) is 18.2 Å². The highest BCUT2D eigenvalue weighted by molar-refractivity contribution is 14.1. The summed E-state index contributed by atoms with van der Waals surface area (Å²) in [5, 5.41) is 1.02. The van der Waals surface area contributed by atoms with Crippen molar-refractivity contribution in [2.24, 2.45) is 0 Å². The standard InChI is InChI=1S/C10H7IO2S/c1-13-10-7-4-6(5-12)14-9(7)3-2-8(10)11/h2-5H,1H3. The lowest BCUT2D eigenvalue weighted by Gasteiger charge is -2.03. The van der Waals surface area contributed by atoms with Crippen molar-refractivity contribution < 1.29 is 9.53 Å². The number of fused-ring (bicyclic) bond motifs is 1. The van der Waals surface area contributed by atoms with Gasteiger partial charge in [-0.3, -0.25) is 4.79 Å². The molecule has 0 fully saturated rings. The Bertz CT molecular complexity index is 490. The van der Waals surface area contributed by atoms with Crippen molar-refractivity contribution in [1.82, 2.24) is 0 Å². The zero-order valence-electron chi connectivity index (χ0n) is 7.41. The summed E-state index contributed by atoms with van der Waals surface area (Å²) < 4.78 is 7.45. The third-order valence-electron chi connectivity index (χ3n) is 1.94. The highest BCUT2D eigenvalue weighted by Crippen LogP contribution is 2.35. The van der Waals surface area contributed by atoms with Crippen LogP contribution in [0.25, 0.3) is 10.1 Å².